The number of aromatic hydroxyl groups is 1. The summed E-state index contributed by atoms with van der Waals surface area (Å²) in [5.74, 6) is -0.229. The highest BCUT2D eigenvalue weighted by Gasteiger charge is 2.14. The van der Waals surface area contributed by atoms with Crippen molar-refractivity contribution in [3.8, 4) is 17.1 Å². The van der Waals surface area contributed by atoms with Gasteiger partial charge in [-0.05, 0) is 12.1 Å². The van der Waals surface area contributed by atoms with Crippen molar-refractivity contribution in [1.82, 2.24) is 0 Å². The number of benzene rings is 2. The molecule has 0 saturated heterocycles. The minimum absolute atomic E-state index is 0.156. The first-order valence-corrected chi connectivity index (χ1v) is 5.77. The summed E-state index contributed by atoms with van der Waals surface area (Å²) in [6.07, 6.45) is 0. The first-order valence-electron chi connectivity index (χ1n) is 5.77. The summed E-state index contributed by atoms with van der Waals surface area (Å²) in [5, 5.41) is 10.3. The van der Waals surface area contributed by atoms with Gasteiger partial charge in [0.1, 0.15) is 5.58 Å². The van der Waals surface area contributed by atoms with Crippen LogP contribution in [0.1, 0.15) is 0 Å². The van der Waals surface area contributed by atoms with Crippen LogP contribution in [0.15, 0.2) is 57.7 Å². The van der Waals surface area contributed by atoms with Gasteiger partial charge in [-0.2, -0.15) is 0 Å². The van der Waals surface area contributed by atoms with Gasteiger partial charge < -0.3 is 15.3 Å². The van der Waals surface area contributed by atoms with E-state index in [-0.39, 0.29) is 11.5 Å². The summed E-state index contributed by atoms with van der Waals surface area (Å²) in [4.78, 5) is 12.1. The van der Waals surface area contributed by atoms with Gasteiger partial charge in [0.05, 0.1) is 5.39 Å². The Morgan fingerprint density at radius 3 is 2.53 bits per heavy atom. The van der Waals surface area contributed by atoms with E-state index in [9.17, 15) is 9.90 Å². The third-order valence-corrected chi connectivity index (χ3v) is 2.93. The molecule has 0 unspecified atom stereocenters. The van der Waals surface area contributed by atoms with Crippen LogP contribution in [-0.4, -0.2) is 5.11 Å². The van der Waals surface area contributed by atoms with Crippen molar-refractivity contribution in [3.63, 3.8) is 0 Å². The normalized spacial score (nSPS) is 10.7. The van der Waals surface area contributed by atoms with Crippen molar-refractivity contribution in [2.75, 3.05) is 5.73 Å². The van der Waals surface area contributed by atoms with E-state index in [0.717, 1.165) is 0 Å². The summed E-state index contributed by atoms with van der Waals surface area (Å²) in [6, 6.07) is 13.7. The molecule has 4 heteroatoms. The standard InChI is InChI=1S/C15H11NO3/c16-10-6-7-11-12(8-10)19-15(14(18)13(11)17)9-4-2-1-3-5-9/h1-8,18H,16H2. The van der Waals surface area contributed by atoms with Crippen molar-refractivity contribution in [2.24, 2.45) is 0 Å². The molecule has 0 atom stereocenters. The Morgan fingerprint density at radius 2 is 1.79 bits per heavy atom. The number of rotatable bonds is 1. The first kappa shape index (κ1) is 11.3. The Balaban J connectivity index is 2.38. The second-order valence-electron chi connectivity index (χ2n) is 4.23. The molecule has 3 N–H and O–H groups in total. The summed E-state index contributed by atoms with van der Waals surface area (Å²) >= 11 is 0. The van der Waals surface area contributed by atoms with Gasteiger partial charge in [0.15, 0.2) is 5.76 Å². The maximum absolute atomic E-state index is 12.1. The number of fused-ring (bicyclic) bond motifs is 1. The van der Waals surface area contributed by atoms with Gasteiger partial charge in [-0.1, -0.05) is 30.3 Å². The molecule has 0 aliphatic carbocycles. The molecule has 3 aromatic rings. The van der Waals surface area contributed by atoms with Crippen molar-refractivity contribution in [3.05, 3.63) is 58.8 Å². The van der Waals surface area contributed by atoms with Crippen LogP contribution in [0.5, 0.6) is 5.75 Å². The van der Waals surface area contributed by atoms with Crippen LogP contribution in [-0.2, 0) is 0 Å². The van der Waals surface area contributed by atoms with Gasteiger partial charge in [-0.3, -0.25) is 4.79 Å². The van der Waals surface area contributed by atoms with E-state index in [2.05, 4.69) is 0 Å². The predicted octanol–water partition coefficient (Wildman–Crippen LogP) is 2.75. The van der Waals surface area contributed by atoms with E-state index in [1.54, 1.807) is 42.5 Å². The number of hydrogen-bond acceptors (Lipinski definition) is 4. The van der Waals surface area contributed by atoms with Crippen LogP contribution in [0.4, 0.5) is 5.69 Å². The smallest absolute Gasteiger partial charge is 0.235 e. The van der Waals surface area contributed by atoms with Crippen LogP contribution in [0.25, 0.3) is 22.3 Å². The average Bonchev–Trinajstić information content (AvgIpc) is 2.43. The van der Waals surface area contributed by atoms with Crippen LogP contribution in [0.3, 0.4) is 0 Å². The molecule has 0 radical (unpaired) electrons. The lowest BCUT2D eigenvalue weighted by molar-refractivity contribution is 0.449. The molecule has 2 aromatic carbocycles. The zero-order valence-corrected chi connectivity index (χ0v) is 9.96. The van der Waals surface area contributed by atoms with E-state index in [0.29, 0.717) is 22.2 Å². The number of anilines is 1. The highest BCUT2D eigenvalue weighted by molar-refractivity contribution is 5.84. The van der Waals surface area contributed by atoms with Crippen LogP contribution >= 0.6 is 0 Å². The molecule has 0 saturated carbocycles. The molecule has 1 heterocycles. The van der Waals surface area contributed by atoms with E-state index in [1.807, 2.05) is 6.07 Å². The lowest BCUT2D eigenvalue weighted by Crippen LogP contribution is -2.02. The fraction of sp³-hybridized carbons (Fsp3) is 0. The summed E-state index contributed by atoms with van der Waals surface area (Å²) in [7, 11) is 0. The van der Waals surface area contributed by atoms with Gasteiger partial charge in [-0.25, -0.2) is 0 Å². The highest BCUT2D eigenvalue weighted by Crippen LogP contribution is 2.30. The molecule has 0 spiro atoms. The van der Waals surface area contributed by atoms with Gasteiger partial charge in [0.25, 0.3) is 0 Å². The topological polar surface area (TPSA) is 76.5 Å². The van der Waals surface area contributed by atoms with Crippen molar-refractivity contribution in [1.29, 1.82) is 0 Å². The largest absolute Gasteiger partial charge is 0.502 e. The summed E-state index contributed by atoms with van der Waals surface area (Å²) in [5.41, 5.74) is 6.72. The Bertz CT molecular complexity index is 807. The summed E-state index contributed by atoms with van der Waals surface area (Å²) in [6.45, 7) is 0. The molecule has 3 rings (SSSR count). The van der Waals surface area contributed by atoms with Crippen molar-refractivity contribution < 1.29 is 9.52 Å². The number of nitrogen functional groups attached to an aromatic ring is 1. The molecule has 0 fully saturated rings. The van der Waals surface area contributed by atoms with Crippen molar-refractivity contribution in [2.45, 2.75) is 0 Å². The quantitative estimate of drug-likeness (QED) is 0.654. The fourth-order valence-corrected chi connectivity index (χ4v) is 1.99. The fourth-order valence-electron chi connectivity index (χ4n) is 1.99. The Hall–Kier alpha value is -2.75. The number of nitrogens with two attached hydrogens (primary N) is 1. The third-order valence-electron chi connectivity index (χ3n) is 2.93. The lowest BCUT2D eigenvalue weighted by Gasteiger charge is -2.06. The molecule has 19 heavy (non-hydrogen) atoms. The van der Waals surface area contributed by atoms with Crippen LogP contribution in [0, 0.1) is 0 Å². The van der Waals surface area contributed by atoms with E-state index in [1.165, 1.54) is 0 Å². The average molecular weight is 253 g/mol. The van der Waals surface area contributed by atoms with Gasteiger partial charge >= 0.3 is 0 Å². The SMILES string of the molecule is Nc1ccc2c(=O)c(O)c(-c3ccccc3)oc2c1. The summed E-state index contributed by atoms with van der Waals surface area (Å²) < 4.78 is 5.61. The van der Waals surface area contributed by atoms with Crippen molar-refractivity contribution >= 4 is 16.7 Å². The number of hydrogen-bond donors (Lipinski definition) is 2. The minimum Gasteiger partial charge on any atom is -0.502 e. The van der Waals surface area contributed by atoms with Gasteiger partial charge in [0, 0.05) is 17.3 Å². The second kappa shape index (κ2) is 4.17. The van der Waals surface area contributed by atoms with Crippen LogP contribution in [0.2, 0.25) is 0 Å². The Morgan fingerprint density at radius 1 is 1.05 bits per heavy atom. The van der Waals surface area contributed by atoms with Gasteiger partial charge in [0.2, 0.25) is 11.2 Å². The zero-order valence-electron chi connectivity index (χ0n) is 9.96. The Labute approximate surface area is 108 Å². The Kier molecular flexibility index (Phi) is 2.49. The first-order chi connectivity index (χ1) is 9.16. The third kappa shape index (κ3) is 1.83. The van der Waals surface area contributed by atoms with E-state index < -0.39 is 5.43 Å². The molecule has 4 nitrogen and oxygen atoms in total. The minimum atomic E-state index is -0.458. The monoisotopic (exact) mass is 253 g/mol. The molecular formula is C15H11NO3. The molecule has 0 aliphatic heterocycles. The maximum atomic E-state index is 12.1. The predicted molar refractivity (Wildman–Crippen MR) is 74.0 cm³/mol. The van der Waals surface area contributed by atoms with Crippen LogP contribution < -0.4 is 11.2 Å². The highest BCUT2D eigenvalue weighted by atomic mass is 16.4. The zero-order chi connectivity index (χ0) is 13.4. The second-order valence-corrected chi connectivity index (χ2v) is 4.23. The molecule has 1 aromatic heterocycles. The molecule has 0 bridgehead atoms. The lowest BCUT2D eigenvalue weighted by atomic mass is 10.1. The van der Waals surface area contributed by atoms with E-state index in [4.69, 9.17) is 10.2 Å². The molecule has 0 amide bonds. The molecule has 0 aliphatic rings. The molecular weight excluding hydrogens is 242 g/mol. The molecule has 94 valence electrons. The van der Waals surface area contributed by atoms with E-state index >= 15 is 0 Å². The maximum Gasteiger partial charge on any atom is 0.235 e. The van der Waals surface area contributed by atoms with Gasteiger partial charge in [-0.15, -0.1) is 0 Å².